The Hall–Kier alpha value is -2.50. The van der Waals surface area contributed by atoms with Crippen LogP contribution in [0, 0.1) is 0 Å². The van der Waals surface area contributed by atoms with Crippen LogP contribution in [0.4, 0.5) is 5.82 Å². The SMILES string of the molecule is O[C@@H]1COCCN(c2nc(-c3ccccc3)nc3ccccc23)C1. The molecule has 1 fully saturated rings. The summed E-state index contributed by atoms with van der Waals surface area (Å²) in [4.78, 5) is 11.6. The fourth-order valence-corrected chi connectivity index (χ4v) is 3.00. The quantitative estimate of drug-likeness (QED) is 0.786. The van der Waals surface area contributed by atoms with Crippen molar-refractivity contribution in [3.05, 3.63) is 54.6 Å². The molecule has 0 radical (unpaired) electrons. The molecule has 0 bridgehead atoms. The van der Waals surface area contributed by atoms with E-state index in [2.05, 4.69) is 4.90 Å². The van der Waals surface area contributed by atoms with Crippen molar-refractivity contribution >= 4 is 16.7 Å². The van der Waals surface area contributed by atoms with Crippen LogP contribution in [0.5, 0.6) is 0 Å². The molecule has 24 heavy (non-hydrogen) atoms. The van der Waals surface area contributed by atoms with Crippen molar-refractivity contribution in [1.29, 1.82) is 0 Å². The third-order valence-electron chi connectivity index (χ3n) is 4.16. The Kier molecular flexibility index (Phi) is 4.11. The maximum Gasteiger partial charge on any atom is 0.162 e. The van der Waals surface area contributed by atoms with E-state index in [9.17, 15) is 5.11 Å². The number of hydrogen-bond donors (Lipinski definition) is 1. The summed E-state index contributed by atoms with van der Waals surface area (Å²) in [5.74, 6) is 1.55. The summed E-state index contributed by atoms with van der Waals surface area (Å²) in [7, 11) is 0. The van der Waals surface area contributed by atoms with Gasteiger partial charge in [-0.1, -0.05) is 42.5 Å². The Bertz CT molecular complexity index is 838. The van der Waals surface area contributed by atoms with Crippen LogP contribution in [-0.2, 0) is 4.74 Å². The van der Waals surface area contributed by atoms with Crippen LogP contribution in [0.2, 0.25) is 0 Å². The molecule has 5 nitrogen and oxygen atoms in total. The molecule has 1 saturated heterocycles. The number of aliphatic hydroxyl groups excluding tert-OH is 1. The predicted octanol–water partition coefficient (Wildman–Crippen LogP) is 2.49. The molecule has 0 saturated carbocycles. The zero-order valence-corrected chi connectivity index (χ0v) is 13.3. The fraction of sp³-hybridized carbons (Fsp3) is 0.263. The first-order valence-electron chi connectivity index (χ1n) is 8.14. The van der Waals surface area contributed by atoms with Crippen LogP contribution in [0.3, 0.4) is 0 Å². The number of anilines is 1. The van der Waals surface area contributed by atoms with Gasteiger partial charge in [-0.3, -0.25) is 0 Å². The number of nitrogens with zero attached hydrogens (tertiary/aromatic N) is 3. The molecule has 2 aromatic carbocycles. The molecule has 0 spiro atoms. The summed E-state index contributed by atoms with van der Waals surface area (Å²) < 4.78 is 5.45. The van der Waals surface area contributed by atoms with E-state index in [4.69, 9.17) is 14.7 Å². The molecule has 0 unspecified atom stereocenters. The second-order valence-corrected chi connectivity index (χ2v) is 5.93. The minimum atomic E-state index is -0.513. The zero-order valence-electron chi connectivity index (χ0n) is 13.3. The first kappa shape index (κ1) is 15.1. The van der Waals surface area contributed by atoms with Gasteiger partial charge in [-0.15, -0.1) is 0 Å². The first-order chi connectivity index (χ1) is 11.8. The highest BCUT2D eigenvalue weighted by Gasteiger charge is 2.20. The van der Waals surface area contributed by atoms with Crippen LogP contribution in [0.15, 0.2) is 54.6 Å². The highest BCUT2D eigenvalue weighted by molar-refractivity contribution is 5.91. The molecule has 5 heteroatoms. The summed E-state index contributed by atoms with van der Waals surface area (Å²) in [5, 5.41) is 11.1. The number of benzene rings is 2. The van der Waals surface area contributed by atoms with Gasteiger partial charge in [0.25, 0.3) is 0 Å². The van der Waals surface area contributed by atoms with Crippen molar-refractivity contribution in [3.63, 3.8) is 0 Å². The van der Waals surface area contributed by atoms with E-state index in [0.29, 0.717) is 32.1 Å². The maximum absolute atomic E-state index is 10.1. The van der Waals surface area contributed by atoms with Crippen LogP contribution in [0.1, 0.15) is 0 Å². The predicted molar refractivity (Wildman–Crippen MR) is 94.0 cm³/mol. The number of β-amino-alcohol motifs (C(OH)–C–C–N with tert-alkyl or cyclic N) is 1. The Morgan fingerprint density at radius 2 is 1.79 bits per heavy atom. The van der Waals surface area contributed by atoms with Crippen molar-refractivity contribution in [3.8, 4) is 11.4 Å². The molecule has 1 aliphatic rings. The molecule has 1 aliphatic heterocycles. The monoisotopic (exact) mass is 321 g/mol. The van der Waals surface area contributed by atoms with E-state index in [0.717, 1.165) is 22.3 Å². The minimum Gasteiger partial charge on any atom is -0.389 e. The largest absolute Gasteiger partial charge is 0.389 e. The first-order valence-corrected chi connectivity index (χ1v) is 8.14. The van der Waals surface area contributed by atoms with Gasteiger partial charge in [0.05, 0.1) is 24.8 Å². The molecule has 0 amide bonds. The average Bonchev–Trinajstić information content (AvgIpc) is 2.86. The zero-order chi connectivity index (χ0) is 16.4. The molecule has 1 aromatic heterocycles. The van der Waals surface area contributed by atoms with Gasteiger partial charge in [0.2, 0.25) is 0 Å². The molecule has 2 heterocycles. The molecule has 1 N–H and O–H groups in total. The lowest BCUT2D eigenvalue weighted by Gasteiger charge is -2.24. The van der Waals surface area contributed by atoms with E-state index < -0.39 is 6.10 Å². The lowest BCUT2D eigenvalue weighted by atomic mass is 10.1. The molecule has 0 aliphatic carbocycles. The number of aromatic nitrogens is 2. The number of hydrogen-bond acceptors (Lipinski definition) is 5. The number of para-hydroxylation sites is 1. The molecule has 1 atom stereocenters. The highest BCUT2D eigenvalue weighted by Crippen LogP contribution is 2.28. The van der Waals surface area contributed by atoms with Gasteiger partial charge in [-0.25, -0.2) is 9.97 Å². The second kappa shape index (κ2) is 6.55. The van der Waals surface area contributed by atoms with Crippen LogP contribution in [0.25, 0.3) is 22.3 Å². The fourth-order valence-electron chi connectivity index (χ4n) is 3.00. The van der Waals surface area contributed by atoms with Gasteiger partial charge in [0.15, 0.2) is 5.82 Å². The molecule has 3 aromatic rings. The summed E-state index contributed by atoms with van der Waals surface area (Å²) >= 11 is 0. The van der Waals surface area contributed by atoms with Gasteiger partial charge in [0, 0.05) is 24.0 Å². The number of ether oxygens (including phenoxy) is 1. The van der Waals surface area contributed by atoms with Crippen molar-refractivity contribution in [2.75, 3.05) is 31.2 Å². The third-order valence-corrected chi connectivity index (χ3v) is 4.16. The minimum absolute atomic E-state index is 0.366. The lowest BCUT2D eigenvalue weighted by molar-refractivity contribution is 0.0597. The standard InChI is InChI=1S/C19H19N3O2/c23-15-12-22(10-11-24-13-15)19-16-8-4-5-9-17(16)20-18(21-19)14-6-2-1-3-7-14/h1-9,15,23H,10-13H2/t15-/m0/s1. The Labute approximate surface area is 140 Å². The van der Waals surface area contributed by atoms with Gasteiger partial charge in [0.1, 0.15) is 5.82 Å². The van der Waals surface area contributed by atoms with Gasteiger partial charge in [-0.2, -0.15) is 0 Å². The molecule has 122 valence electrons. The smallest absolute Gasteiger partial charge is 0.162 e. The van der Waals surface area contributed by atoms with E-state index in [1.54, 1.807) is 0 Å². The molecular weight excluding hydrogens is 302 g/mol. The topological polar surface area (TPSA) is 58.5 Å². The Balaban J connectivity index is 1.86. The normalized spacial score (nSPS) is 18.5. The number of rotatable bonds is 2. The van der Waals surface area contributed by atoms with Gasteiger partial charge >= 0.3 is 0 Å². The highest BCUT2D eigenvalue weighted by atomic mass is 16.5. The summed E-state index contributed by atoms with van der Waals surface area (Å²) in [6, 6.07) is 18.0. The average molecular weight is 321 g/mol. The van der Waals surface area contributed by atoms with Crippen molar-refractivity contribution < 1.29 is 9.84 Å². The summed E-state index contributed by atoms with van der Waals surface area (Å²) in [5.41, 5.74) is 1.89. The van der Waals surface area contributed by atoms with Crippen molar-refractivity contribution in [2.24, 2.45) is 0 Å². The molecule has 4 rings (SSSR count). The van der Waals surface area contributed by atoms with Crippen LogP contribution in [-0.4, -0.2) is 47.5 Å². The summed E-state index contributed by atoms with van der Waals surface area (Å²) in [6.07, 6.45) is -0.513. The third kappa shape index (κ3) is 2.96. The van der Waals surface area contributed by atoms with E-state index in [-0.39, 0.29) is 0 Å². The van der Waals surface area contributed by atoms with E-state index in [1.165, 1.54) is 0 Å². The number of aliphatic hydroxyl groups is 1. The van der Waals surface area contributed by atoms with Gasteiger partial charge in [-0.05, 0) is 12.1 Å². The maximum atomic E-state index is 10.1. The van der Waals surface area contributed by atoms with Crippen molar-refractivity contribution in [2.45, 2.75) is 6.10 Å². The van der Waals surface area contributed by atoms with Crippen LogP contribution >= 0.6 is 0 Å². The summed E-state index contributed by atoms with van der Waals surface area (Å²) in [6.45, 7) is 2.16. The second-order valence-electron chi connectivity index (χ2n) is 5.93. The Morgan fingerprint density at radius 1 is 1.00 bits per heavy atom. The number of fused-ring (bicyclic) bond motifs is 1. The van der Waals surface area contributed by atoms with Gasteiger partial charge < -0.3 is 14.7 Å². The van der Waals surface area contributed by atoms with E-state index >= 15 is 0 Å². The molecular formula is C19H19N3O2. The van der Waals surface area contributed by atoms with E-state index in [1.807, 2.05) is 54.6 Å². The lowest BCUT2D eigenvalue weighted by Crippen LogP contribution is -2.33. The van der Waals surface area contributed by atoms with Crippen molar-refractivity contribution in [1.82, 2.24) is 9.97 Å². The van der Waals surface area contributed by atoms with Crippen LogP contribution < -0.4 is 4.90 Å². The Morgan fingerprint density at radius 3 is 2.67 bits per heavy atom.